The lowest BCUT2D eigenvalue weighted by atomic mass is 10.2. The van der Waals surface area contributed by atoms with Gasteiger partial charge in [-0.3, -0.25) is 9.78 Å². The molecular weight excluding hydrogens is 259 g/mol. The molecule has 0 saturated carbocycles. The van der Waals surface area contributed by atoms with Crippen LogP contribution in [0.2, 0.25) is 0 Å². The number of hydrogen-bond acceptors (Lipinski definition) is 3. The minimum absolute atomic E-state index is 0.0940. The van der Waals surface area contributed by atoms with E-state index in [2.05, 4.69) is 9.97 Å². The predicted molar refractivity (Wildman–Crippen MR) is 62.7 cm³/mol. The lowest BCUT2D eigenvalue weighted by Gasteiger charge is -2.13. The Morgan fingerprint density at radius 1 is 1.42 bits per heavy atom. The van der Waals surface area contributed by atoms with Gasteiger partial charge in [0.05, 0.1) is 18.1 Å². The van der Waals surface area contributed by atoms with Crippen LogP contribution in [-0.2, 0) is 11.2 Å². The Bertz CT molecular complexity index is 616. The minimum Gasteiger partial charge on any atom is -0.325 e. The van der Waals surface area contributed by atoms with E-state index in [0.717, 1.165) is 0 Å². The molecular formula is C12H12F3N3O. The fourth-order valence-electron chi connectivity index (χ4n) is 1.95. The average Bonchev–Trinajstić information content (AvgIpc) is 2.65. The number of aromatic nitrogens is 3. The van der Waals surface area contributed by atoms with Gasteiger partial charge < -0.3 is 4.57 Å². The molecule has 19 heavy (non-hydrogen) atoms. The van der Waals surface area contributed by atoms with Gasteiger partial charge in [-0.1, -0.05) is 0 Å². The van der Waals surface area contributed by atoms with Crippen LogP contribution in [0.4, 0.5) is 13.2 Å². The number of imidazole rings is 1. The normalized spacial score (nSPS) is 12.3. The van der Waals surface area contributed by atoms with Crippen molar-refractivity contribution < 1.29 is 18.0 Å². The van der Waals surface area contributed by atoms with Crippen LogP contribution in [0.3, 0.4) is 0 Å². The van der Waals surface area contributed by atoms with E-state index in [1.807, 2.05) is 13.8 Å². The molecule has 0 radical (unpaired) electrons. The molecule has 0 fully saturated rings. The number of pyridine rings is 1. The van der Waals surface area contributed by atoms with E-state index >= 15 is 0 Å². The number of fused-ring (bicyclic) bond motifs is 1. The summed E-state index contributed by atoms with van der Waals surface area (Å²) >= 11 is 0. The second-order valence-corrected chi connectivity index (χ2v) is 4.45. The Kier molecular flexibility index (Phi) is 3.30. The number of carbonyl (C=O) groups excluding carboxylic acids is 1. The largest absolute Gasteiger partial charge is 0.450 e. The van der Waals surface area contributed by atoms with E-state index in [4.69, 9.17) is 0 Å². The minimum atomic E-state index is -4.84. The maximum atomic E-state index is 12.3. The van der Waals surface area contributed by atoms with Gasteiger partial charge in [-0.2, -0.15) is 13.2 Å². The Labute approximate surface area is 107 Å². The van der Waals surface area contributed by atoms with E-state index in [9.17, 15) is 18.0 Å². The molecule has 0 amide bonds. The number of Topliss-reactive ketones (excluding diaryl/α,β-unsaturated/α-hetero) is 1. The lowest BCUT2D eigenvalue weighted by Crippen LogP contribution is -2.26. The molecule has 2 aromatic rings. The number of ketones is 1. The zero-order valence-corrected chi connectivity index (χ0v) is 10.4. The molecule has 0 spiro atoms. The molecule has 0 N–H and O–H groups in total. The first-order valence-corrected chi connectivity index (χ1v) is 5.71. The number of halogens is 3. The van der Waals surface area contributed by atoms with Crippen LogP contribution in [0.1, 0.15) is 25.7 Å². The number of rotatable bonds is 3. The van der Waals surface area contributed by atoms with Crippen LogP contribution in [0.15, 0.2) is 18.5 Å². The topological polar surface area (TPSA) is 47.8 Å². The van der Waals surface area contributed by atoms with Gasteiger partial charge in [0.15, 0.2) is 0 Å². The SMILES string of the molecule is CC(C)n1c(CC(=O)C(F)(F)F)nc2cnccc21. The summed E-state index contributed by atoms with van der Waals surface area (Å²) in [5.74, 6) is -1.68. The predicted octanol–water partition coefficient (Wildman–Crippen LogP) is 2.69. The monoisotopic (exact) mass is 271 g/mol. The fraction of sp³-hybridized carbons (Fsp3) is 0.417. The van der Waals surface area contributed by atoms with Crippen LogP contribution in [-0.4, -0.2) is 26.5 Å². The Balaban J connectivity index is 2.48. The highest BCUT2D eigenvalue weighted by Crippen LogP contribution is 2.23. The molecule has 2 rings (SSSR count). The first-order chi connectivity index (χ1) is 8.80. The summed E-state index contributed by atoms with van der Waals surface area (Å²) in [5, 5.41) is 0. The molecule has 7 heteroatoms. The zero-order chi connectivity index (χ0) is 14.2. The van der Waals surface area contributed by atoms with Crippen molar-refractivity contribution in [3.8, 4) is 0 Å². The molecule has 0 unspecified atom stereocenters. The van der Waals surface area contributed by atoms with Crippen LogP contribution in [0.5, 0.6) is 0 Å². The van der Waals surface area contributed by atoms with Gasteiger partial charge in [-0.25, -0.2) is 4.98 Å². The van der Waals surface area contributed by atoms with E-state index in [0.29, 0.717) is 11.0 Å². The number of alkyl halides is 3. The summed E-state index contributed by atoms with van der Waals surface area (Å²) in [4.78, 5) is 19.0. The number of hydrogen-bond donors (Lipinski definition) is 0. The van der Waals surface area contributed by atoms with Gasteiger partial charge in [0.1, 0.15) is 11.3 Å². The van der Waals surface area contributed by atoms with Gasteiger partial charge in [-0.05, 0) is 19.9 Å². The first-order valence-electron chi connectivity index (χ1n) is 5.71. The van der Waals surface area contributed by atoms with Crippen LogP contribution in [0.25, 0.3) is 11.0 Å². The van der Waals surface area contributed by atoms with Crippen molar-refractivity contribution >= 4 is 16.8 Å². The fourth-order valence-corrected chi connectivity index (χ4v) is 1.95. The highest BCUT2D eigenvalue weighted by atomic mass is 19.4. The Morgan fingerprint density at radius 3 is 2.68 bits per heavy atom. The van der Waals surface area contributed by atoms with Gasteiger partial charge >= 0.3 is 6.18 Å². The zero-order valence-electron chi connectivity index (χ0n) is 10.4. The first kappa shape index (κ1) is 13.5. The van der Waals surface area contributed by atoms with E-state index in [1.165, 1.54) is 12.4 Å². The molecule has 0 aromatic carbocycles. The van der Waals surface area contributed by atoms with E-state index < -0.39 is 18.4 Å². The highest BCUT2D eigenvalue weighted by Gasteiger charge is 2.39. The van der Waals surface area contributed by atoms with Crippen molar-refractivity contribution in [1.82, 2.24) is 14.5 Å². The van der Waals surface area contributed by atoms with Crippen LogP contribution >= 0.6 is 0 Å². The molecule has 0 aliphatic carbocycles. The molecule has 102 valence electrons. The second-order valence-electron chi connectivity index (χ2n) is 4.45. The summed E-state index contributed by atoms with van der Waals surface area (Å²) < 4.78 is 38.6. The van der Waals surface area contributed by atoms with Gasteiger partial charge in [-0.15, -0.1) is 0 Å². The van der Waals surface area contributed by atoms with Crippen LogP contribution < -0.4 is 0 Å². The standard InChI is InChI=1S/C12H12F3N3O/c1-7(2)18-9-3-4-16-6-8(9)17-11(18)5-10(19)12(13,14)15/h3-4,6-7H,5H2,1-2H3. The van der Waals surface area contributed by atoms with Crippen molar-refractivity contribution in [2.45, 2.75) is 32.5 Å². The molecule has 0 bridgehead atoms. The van der Waals surface area contributed by atoms with Gasteiger partial charge in [0.2, 0.25) is 5.78 Å². The molecule has 2 heterocycles. The third-order valence-electron chi connectivity index (χ3n) is 2.72. The smallest absolute Gasteiger partial charge is 0.325 e. The molecule has 0 saturated heterocycles. The van der Waals surface area contributed by atoms with Crippen LogP contribution in [0, 0.1) is 0 Å². The number of nitrogens with zero attached hydrogens (tertiary/aromatic N) is 3. The molecule has 0 aliphatic rings. The van der Waals surface area contributed by atoms with E-state index in [1.54, 1.807) is 10.6 Å². The quantitative estimate of drug-likeness (QED) is 0.862. The van der Waals surface area contributed by atoms with Crippen molar-refractivity contribution in [1.29, 1.82) is 0 Å². The summed E-state index contributed by atoms with van der Waals surface area (Å²) in [7, 11) is 0. The maximum Gasteiger partial charge on any atom is 0.450 e. The third-order valence-corrected chi connectivity index (χ3v) is 2.72. The van der Waals surface area contributed by atoms with Gasteiger partial charge in [0, 0.05) is 12.2 Å². The van der Waals surface area contributed by atoms with Crippen molar-refractivity contribution in [2.75, 3.05) is 0 Å². The third kappa shape index (κ3) is 2.59. The maximum absolute atomic E-state index is 12.3. The molecule has 0 aliphatic heterocycles. The highest BCUT2D eigenvalue weighted by molar-refractivity contribution is 5.86. The Hall–Kier alpha value is -1.92. The lowest BCUT2D eigenvalue weighted by molar-refractivity contribution is -0.170. The summed E-state index contributed by atoms with van der Waals surface area (Å²) in [6, 6.07) is 1.58. The van der Waals surface area contributed by atoms with Crippen molar-refractivity contribution in [2.24, 2.45) is 0 Å². The Morgan fingerprint density at radius 2 is 2.11 bits per heavy atom. The summed E-state index contributed by atoms with van der Waals surface area (Å²) in [5.41, 5.74) is 1.16. The molecule has 4 nitrogen and oxygen atoms in total. The van der Waals surface area contributed by atoms with E-state index in [-0.39, 0.29) is 11.9 Å². The average molecular weight is 271 g/mol. The summed E-state index contributed by atoms with van der Waals surface area (Å²) in [6.07, 6.45) is -2.58. The van der Waals surface area contributed by atoms with Gasteiger partial charge in [0.25, 0.3) is 0 Å². The summed E-state index contributed by atoms with van der Waals surface area (Å²) in [6.45, 7) is 3.65. The number of carbonyl (C=O) groups is 1. The second kappa shape index (κ2) is 4.64. The van der Waals surface area contributed by atoms with Crippen molar-refractivity contribution in [3.63, 3.8) is 0 Å². The molecule has 2 aromatic heterocycles. The van der Waals surface area contributed by atoms with Crippen molar-refractivity contribution in [3.05, 3.63) is 24.3 Å². The molecule has 0 atom stereocenters.